The van der Waals surface area contributed by atoms with Gasteiger partial charge in [-0.1, -0.05) is 29.8 Å². The van der Waals surface area contributed by atoms with Gasteiger partial charge in [-0.15, -0.1) is 0 Å². The van der Waals surface area contributed by atoms with Crippen LogP contribution in [0.15, 0.2) is 65.1 Å². The van der Waals surface area contributed by atoms with E-state index in [0.717, 1.165) is 11.3 Å². The van der Waals surface area contributed by atoms with Gasteiger partial charge in [0.1, 0.15) is 11.5 Å². The number of nitrogens with zero attached hydrogens (tertiary/aromatic N) is 1. The number of anilines is 1. The van der Waals surface area contributed by atoms with E-state index in [4.69, 9.17) is 4.42 Å². The van der Waals surface area contributed by atoms with E-state index in [-0.39, 0.29) is 18.0 Å². The molecule has 0 fully saturated rings. The molecule has 132 valence electrons. The number of amides is 1. The van der Waals surface area contributed by atoms with Crippen LogP contribution >= 0.6 is 0 Å². The van der Waals surface area contributed by atoms with Crippen LogP contribution in [0.4, 0.5) is 11.4 Å². The van der Waals surface area contributed by atoms with Crippen molar-refractivity contribution in [3.05, 3.63) is 82.1 Å². The molecular weight excluding hydrogens is 332 g/mol. The number of nitro benzene ring substituents is 1. The van der Waals surface area contributed by atoms with Gasteiger partial charge in [0.15, 0.2) is 0 Å². The zero-order valence-corrected chi connectivity index (χ0v) is 14.3. The minimum Gasteiger partial charge on any atom is -0.461 e. The summed E-state index contributed by atoms with van der Waals surface area (Å²) >= 11 is 0. The summed E-state index contributed by atoms with van der Waals surface area (Å²) in [5.74, 6) is 1.11. The number of benzene rings is 2. The Kier molecular flexibility index (Phi) is 5.12. The number of nitrogens with one attached hydrogen (secondary N) is 1. The smallest absolute Gasteiger partial charge is 0.270 e. The minimum atomic E-state index is -0.442. The van der Waals surface area contributed by atoms with Crippen molar-refractivity contribution in [1.82, 2.24) is 0 Å². The van der Waals surface area contributed by atoms with E-state index >= 15 is 0 Å². The number of furan rings is 1. The van der Waals surface area contributed by atoms with Gasteiger partial charge in [-0.25, -0.2) is 0 Å². The molecule has 0 unspecified atom stereocenters. The second kappa shape index (κ2) is 7.65. The number of nitro groups is 1. The molecule has 1 amide bonds. The Hall–Kier alpha value is -3.41. The molecule has 0 bridgehead atoms. The fourth-order valence-corrected chi connectivity index (χ4v) is 2.54. The van der Waals surface area contributed by atoms with Crippen LogP contribution in [-0.4, -0.2) is 10.8 Å². The van der Waals surface area contributed by atoms with E-state index in [9.17, 15) is 14.9 Å². The van der Waals surface area contributed by atoms with Crippen LogP contribution in [0.2, 0.25) is 0 Å². The van der Waals surface area contributed by atoms with Crippen molar-refractivity contribution in [1.29, 1.82) is 0 Å². The second-order valence-electron chi connectivity index (χ2n) is 5.99. The Morgan fingerprint density at radius 1 is 1.12 bits per heavy atom. The molecule has 0 atom stereocenters. The lowest BCUT2D eigenvalue weighted by Crippen LogP contribution is -2.12. The summed E-state index contributed by atoms with van der Waals surface area (Å²) in [7, 11) is 0. The molecule has 26 heavy (non-hydrogen) atoms. The normalized spacial score (nSPS) is 10.5. The zero-order valence-electron chi connectivity index (χ0n) is 14.3. The monoisotopic (exact) mass is 350 g/mol. The number of rotatable bonds is 6. The van der Waals surface area contributed by atoms with Gasteiger partial charge in [-0.2, -0.15) is 0 Å². The Morgan fingerprint density at radius 2 is 1.88 bits per heavy atom. The maximum absolute atomic E-state index is 12.0. The number of aryl methyl sites for hydroxylation is 2. The predicted octanol–water partition coefficient (Wildman–Crippen LogP) is 4.73. The maximum Gasteiger partial charge on any atom is 0.270 e. The van der Waals surface area contributed by atoms with Crippen molar-refractivity contribution < 1.29 is 14.1 Å². The molecule has 3 rings (SSSR count). The molecule has 6 nitrogen and oxygen atoms in total. The average molecular weight is 350 g/mol. The summed E-state index contributed by atoms with van der Waals surface area (Å²) in [4.78, 5) is 22.5. The first-order valence-electron chi connectivity index (χ1n) is 8.21. The molecule has 0 saturated heterocycles. The summed E-state index contributed by atoms with van der Waals surface area (Å²) in [6.07, 6.45) is 0.738. The molecule has 0 aliphatic rings. The standard InChI is InChI=1S/C20H18N2O4/c1-14-5-7-16(8-6-14)21-20(23)12-10-18-9-11-19(26-18)15-3-2-4-17(13-15)22(24)25/h2-9,11,13H,10,12H2,1H3,(H,21,23). The summed E-state index contributed by atoms with van der Waals surface area (Å²) in [6, 6.07) is 17.4. The summed E-state index contributed by atoms with van der Waals surface area (Å²) in [6.45, 7) is 1.99. The van der Waals surface area contributed by atoms with Crippen LogP contribution in [0.1, 0.15) is 17.7 Å². The quantitative estimate of drug-likeness (QED) is 0.514. The van der Waals surface area contributed by atoms with E-state index in [1.54, 1.807) is 24.3 Å². The Balaban J connectivity index is 1.60. The van der Waals surface area contributed by atoms with Gasteiger partial charge in [0.25, 0.3) is 5.69 Å². The van der Waals surface area contributed by atoms with Crippen LogP contribution in [0, 0.1) is 17.0 Å². The van der Waals surface area contributed by atoms with Crippen LogP contribution in [0.25, 0.3) is 11.3 Å². The average Bonchev–Trinajstić information content (AvgIpc) is 3.11. The van der Waals surface area contributed by atoms with Gasteiger partial charge in [-0.05, 0) is 31.2 Å². The van der Waals surface area contributed by atoms with Crippen LogP contribution in [0.5, 0.6) is 0 Å². The molecule has 1 aromatic heterocycles. The largest absolute Gasteiger partial charge is 0.461 e. The highest BCUT2D eigenvalue weighted by atomic mass is 16.6. The molecule has 1 N–H and O–H groups in total. The molecule has 0 aliphatic heterocycles. The van der Waals surface area contributed by atoms with Crippen molar-refractivity contribution >= 4 is 17.3 Å². The SMILES string of the molecule is Cc1ccc(NC(=O)CCc2ccc(-c3cccc([N+](=O)[O-])c3)o2)cc1. The lowest BCUT2D eigenvalue weighted by molar-refractivity contribution is -0.384. The third-order valence-corrected chi connectivity index (χ3v) is 3.94. The number of carbonyl (C=O) groups excluding carboxylic acids is 1. The van der Waals surface area contributed by atoms with Crippen LogP contribution in [0.3, 0.4) is 0 Å². The maximum atomic E-state index is 12.0. The molecule has 0 saturated carbocycles. The third kappa shape index (κ3) is 4.36. The summed E-state index contributed by atoms with van der Waals surface area (Å²) in [5.41, 5.74) is 2.54. The van der Waals surface area contributed by atoms with Crippen molar-refractivity contribution in [3.63, 3.8) is 0 Å². The molecule has 0 radical (unpaired) electrons. The minimum absolute atomic E-state index is 0.0120. The van der Waals surface area contributed by atoms with Gasteiger partial charge < -0.3 is 9.73 Å². The van der Waals surface area contributed by atoms with E-state index in [1.807, 2.05) is 31.2 Å². The van der Waals surface area contributed by atoms with E-state index in [0.29, 0.717) is 23.5 Å². The first kappa shape index (κ1) is 17.4. The second-order valence-corrected chi connectivity index (χ2v) is 5.99. The Morgan fingerprint density at radius 3 is 2.62 bits per heavy atom. The Bertz CT molecular complexity index is 929. The van der Waals surface area contributed by atoms with E-state index in [1.165, 1.54) is 12.1 Å². The first-order chi connectivity index (χ1) is 12.5. The van der Waals surface area contributed by atoms with Crippen LogP contribution in [-0.2, 0) is 11.2 Å². The predicted molar refractivity (Wildman–Crippen MR) is 98.9 cm³/mol. The molecule has 1 heterocycles. The van der Waals surface area contributed by atoms with Crippen molar-refractivity contribution in [2.24, 2.45) is 0 Å². The van der Waals surface area contributed by atoms with Crippen molar-refractivity contribution in [2.75, 3.05) is 5.32 Å². The van der Waals surface area contributed by atoms with Crippen molar-refractivity contribution in [2.45, 2.75) is 19.8 Å². The third-order valence-electron chi connectivity index (χ3n) is 3.94. The zero-order chi connectivity index (χ0) is 18.5. The number of hydrogen-bond acceptors (Lipinski definition) is 4. The highest BCUT2D eigenvalue weighted by Gasteiger charge is 2.11. The van der Waals surface area contributed by atoms with Gasteiger partial charge in [0, 0.05) is 36.2 Å². The van der Waals surface area contributed by atoms with E-state index < -0.39 is 4.92 Å². The van der Waals surface area contributed by atoms with Gasteiger partial charge in [0.2, 0.25) is 5.91 Å². The number of carbonyl (C=O) groups is 1. The molecule has 3 aromatic rings. The molecule has 2 aromatic carbocycles. The summed E-state index contributed by atoms with van der Waals surface area (Å²) < 4.78 is 5.72. The summed E-state index contributed by atoms with van der Waals surface area (Å²) in [5, 5.41) is 13.7. The fourth-order valence-electron chi connectivity index (χ4n) is 2.54. The molecule has 0 spiro atoms. The highest BCUT2D eigenvalue weighted by molar-refractivity contribution is 5.90. The number of non-ortho nitro benzene ring substituents is 1. The van der Waals surface area contributed by atoms with E-state index in [2.05, 4.69) is 5.32 Å². The highest BCUT2D eigenvalue weighted by Crippen LogP contribution is 2.26. The lowest BCUT2D eigenvalue weighted by Gasteiger charge is -2.04. The molecule has 6 heteroatoms. The molecular formula is C20H18N2O4. The molecule has 0 aliphatic carbocycles. The van der Waals surface area contributed by atoms with Gasteiger partial charge >= 0.3 is 0 Å². The Labute approximate surface area is 150 Å². The topological polar surface area (TPSA) is 85.4 Å². The van der Waals surface area contributed by atoms with Gasteiger partial charge in [-0.3, -0.25) is 14.9 Å². The van der Waals surface area contributed by atoms with Crippen LogP contribution < -0.4 is 5.32 Å². The first-order valence-corrected chi connectivity index (χ1v) is 8.21. The van der Waals surface area contributed by atoms with Gasteiger partial charge in [0.05, 0.1) is 4.92 Å². The number of hydrogen-bond donors (Lipinski definition) is 1. The van der Waals surface area contributed by atoms with Crippen molar-refractivity contribution in [3.8, 4) is 11.3 Å². The lowest BCUT2D eigenvalue weighted by atomic mass is 10.1. The fraction of sp³-hybridized carbons (Fsp3) is 0.150.